The highest BCUT2D eigenvalue weighted by atomic mass is 35.5. The number of rotatable bonds is 8. The van der Waals surface area contributed by atoms with Gasteiger partial charge < -0.3 is 15.4 Å². The molecule has 22 heavy (non-hydrogen) atoms. The van der Waals surface area contributed by atoms with Gasteiger partial charge in [0.1, 0.15) is 5.75 Å². The van der Waals surface area contributed by atoms with E-state index in [0.717, 1.165) is 18.5 Å². The van der Waals surface area contributed by atoms with Gasteiger partial charge in [0.25, 0.3) is 0 Å². The minimum Gasteiger partial charge on any atom is -0.484 e. The van der Waals surface area contributed by atoms with Crippen molar-refractivity contribution in [2.45, 2.75) is 25.6 Å². The zero-order valence-electron chi connectivity index (χ0n) is 12.2. The second kappa shape index (κ2) is 10.3. The van der Waals surface area contributed by atoms with E-state index >= 15 is 0 Å². The Bertz CT molecular complexity index is 439. The lowest BCUT2D eigenvalue weighted by molar-refractivity contribution is -0.153. The van der Waals surface area contributed by atoms with E-state index in [1.807, 2.05) is 7.05 Å². The van der Waals surface area contributed by atoms with Crippen molar-refractivity contribution in [2.75, 3.05) is 20.2 Å². The van der Waals surface area contributed by atoms with Crippen LogP contribution in [0, 0.1) is 0 Å². The lowest BCUT2D eigenvalue weighted by Crippen LogP contribution is -2.23. The van der Waals surface area contributed by atoms with Crippen molar-refractivity contribution in [3.8, 4) is 5.75 Å². The summed E-state index contributed by atoms with van der Waals surface area (Å²) in [7, 11) is 1.82. The molecule has 1 rings (SSSR count). The zero-order valence-corrected chi connectivity index (χ0v) is 13.0. The normalized spacial score (nSPS) is 10.7. The molecule has 0 aliphatic carbocycles. The molecule has 0 bridgehead atoms. The highest BCUT2D eigenvalue weighted by Crippen LogP contribution is 2.18. The Kier molecular flexibility index (Phi) is 9.60. The van der Waals surface area contributed by atoms with Crippen molar-refractivity contribution in [3.05, 3.63) is 29.8 Å². The summed E-state index contributed by atoms with van der Waals surface area (Å²) >= 11 is 0. The molecule has 1 aromatic rings. The zero-order chi connectivity index (χ0) is 15.7. The Hall–Kier alpha value is -1.47. The Morgan fingerprint density at radius 1 is 1.23 bits per heavy atom. The average Bonchev–Trinajstić information content (AvgIpc) is 2.43. The Morgan fingerprint density at radius 3 is 2.41 bits per heavy atom. The van der Waals surface area contributed by atoms with E-state index in [2.05, 4.69) is 15.4 Å². The molecule has 0 radical (unpaired) electrons. The fourth-order valence-corrected chi connectivity index (χ4v) is 1.58. The molecule has 4 nitrogen and oxygen atoms in total. The van der Waals surface area contributed by atoms with E-state index in [1.165, 1.54) is 12.1 Å². The van der Waals surface area contributed by atoms with Gasteiger partial charge in [-0.3, -0.25) is 4.79 Å². The fraction of sp³-hybridized carbons (Fsp3) is 0.500. The summed E-state index contributed by atoms with van der Waals surface area (Å²) in [5.74, 6) is 0.0964. The highest BCUT2D eigenvalue weighted by molar-refractivity contribution is 5.85. The van der Waals surface area contributed by atoms with E-state index in [1.54, 1.807) is 12.1 Å². The molecule has 126 valence electrons. The van der Waals surface area contributed by atoms with E-state index in [-0.39, 0.29) is 24.1 Å². The van der Waals surface area contributed by atoms with Gasteiger partial charge in [-0.2, -0.15) is 13.2 Å². The van der Waals surface area contributed by atoms with Crippen LogP contribution in [-0.2, 0) is 11.3 Å². The SMILES string of the molecule is CNCCCC(=O)NCc1ccc(OCC(F)(F)F)cc1.Cl. The molecule has 0 fully saturated rings. The molecule has 0 atom stereocenters. The van der Waals surface area contributed by atoms with Crippen molar-refractivity contribution >= 4 is 18.3 Å². The van der Waals surface area contributed by atoms with Crippen LogP contribution >= 0.6 is 12.4 Å². The van der Waals surface area contributed by atoms with Gasteiger partial charge in [0.2, 0.25) is 5.91 Å². The third-order valence-corrected chi connectivity index (χ3v) is 2.65. The summed E-state index contributed by atoms with van der Waals surface area (Å²) in [6.07, 6.45) is -3.15. The predicted octanol–water partition coefficient (Wildman–Crippen LogP) is 2.67. The molecule has 8 heteroatoms. The molecule has 1 amide bonds. The number of hydrogen-bond donors (Lipinski definition) is 2. The molecule has 1 aromatic carbocycles. The van der Waals surface area contributed by atoms with Crippen LogP contribution in [0.2, 0.25) is 0 Å². The molecule has 0 saturated heterocycles. The van der Waals surface area contributed by atoms with E-state index in [0.29, 0.717) is 13.0 Å². The lowest BCUT2D eigenvalue weighted by Gasteiger charge is -2.10. The number of carbonyl (C=O) groups is 1. The first kappa shape index (κ1) is 20.5. The first-order valence-electron chi connectivity index (χ1n) is 6.60. The standard InChI is InChI=1S/C14H19F3N2O2.ClH/c1-18-8-2-3-13(20)19-9-11-4-6-12(7-5-11)21-10-14(15,16)17;/h4-7,18H,2-3,8-10H2,1H3,(H,19,20);1H. The van der Waals surface area contributed by atoms with E-state index < -0.39 is 12.8 Å². The number of amides is 1. The molecule has 0 aliphatic heterocycles. The van der Waals surface area contributed by atoms with Crippen LogP contribution in [0.25, 0.3) is 0 Å². The second-order valence-corrected chi connectivity index (χ2v) is 4.53. The Morgan fingerprint density at radius 2 is 1.86 bits per heavy atom. The number of halogens is 4. The van der Waals surface area contributed by atoms with Gasteiger partial charge in [-0.25, -0.2) is 0 Å². The molecule has 0 saturated carbocycles. The summed E-state index contributed by atoms with van der Waals surface area (Å²) in [5.41, 5.74) is 0.802. The van der Waals surface area contributed by atoms with Crippen molar-refractivity contribution in [1.29, 1.82) is 0 Å². The van der Waals surface area contributed by atoms with Crippen molar-refractivity contribution < 1.29 is 22.7 Å². The van der Waals surface area contributed by atoms with Crippen LogP contribution in [0.1, 0.15) is 18.4 Å². The first-order chi connectivity index (χ1) is 9.90. The van der Waals surface area contributed by atoms with Crippen LogP contribution in [0.5, 0.6) is 5.75 Å². The quantitative estimate of drug-likeness (QED) is 0.715. The molecule has 2 N–H and O–H groups in total. The maximum atomic E-state index is 12.0. The van der Waals surface area contributed by atoms with Crippen LogP contribution in [0.4, 0.5) is 13.2 Å². The molecule has 0 aromatic heterocycles. The molecular weight excluding hydrogens is 321 g/mol. The Labute approximate surface area is 133 Å². The number of ether oxygens (including phenoxy) is 1. The summed E-state index contributed by atoms with van der Waals surface area (Å²) in [4.78, 5) is 11.5. The largest absolute Gasteiger partial charge is 0.484 e. The monoisotopic (exact) mass is 340 g/mol. The second-order valence-electron chi connectivity index (χ2n) is 4.53. The van der Waals surface area contributed by atoms with Gasteiger partial charge in [-0.05, 0) is 37.7 Å². The van der Waals surface area contributed by atoms with Gasteiger partial charge >= 0.3 is 6.18 Å². The fourth-order valence-electron chi connectivity index (χ4n) is 1.58. The predicted molar refractivity (Wildman–Crippen MR) is 80.2 cm³/mol. The van der Waals surface area contributed by atoms with Crippen molar-refractivity contribution in [1.82, 2.24) is 10.6 Å². The summed E-state index contributed by atoms with van der Waals surface area (Å²) < 4.78 is 40.5. The Balaban J connectivity index is 0.00000441. The van der Waals surface area contributed by atoms with Crippen LogP contribution in [-0.4, -0.2) is 32.3 Å². The smallest absolute Gasteiger partial charge is 0.422 e. The van der Waals surface area contributed by atoms with Gasteiger partial charge in [-0.1, -0.05) is 12.1 Å². The highest BCUT2D eigenvalue weighted by Gasteiger charge is 2.28. The molecule has 0 unspecified atom stereocenters. The van der Waals surface area contributed by atoms with Crippen LogP contribution < -0.4 is 15.4 Å². The number of carbonyl (C=O) groups excluding carboxylic acids is 1. The number of benzene rings is 1. The summed E-state index contributed by atoms with van der Waals surface area (Å²) in [6, 6.07) is 6.15. The van der Waals surface area contributed by atoms with Crippen LogP contribution in [0.15, 0.2) is 24.3 Å². The summed E-state index contributed by atoms with van der Waals surface area (Å²) in [5, 5.41) is 5.70. The maximum Gasteiger partial charge on any atom is 0.422 e. The van der Waals surface area contributed by atoms with E-state index in [9.17, 15) is 18.0 Å². The minimum atomic E-state index is -4.35. The van der Waals surface area contributed by atoms with Gasteiger partial charge in [0.15, 0.2) is 6.61 Å². The van der Waals surface area contributed by atoms with E-state index in [4.69, 9.17) is 0 Å². The van der Waals surface area contributed by atoms with Gasteiger partial charge in [-0.15, -0.1) is 12.4 Å². The van der Waals surface area contributed by atoms with Crippen molar-refractivity contribution in [3.63, 3.8) is 0 Å². The lowest BCUT2D eigenvalue weighted by atomic mass is 10.2. The number of nitrogens with one attached hydrogen (secondary N) is 2. The van der Waals surface area contributed by atoms with Gasteiger partial charge in [0.05, 0.1) is 0 Å². The third-order valence-electron chi connectivity index (χ3n) is 2.65. The maximum absolute atomic E-state index is 12.0. The van der Waals surface area contributed by atoms with Crippen LogP contribution in [0.3, 0.4) is 0 Å². The average molecular weight is 341 g/mol. The first-order valence-corrected chi connectivity index (χ1v) is 6.60. The molecular formula is C14H20ClF3N2O2. The number of hydrogen-bond acceptors (Lipinski definition) is 3. The summed E-state index contributed by atoms with van der Waals surface area (Å²) in [6.45, 7) is -0.189. The third kappa shape index (κ3) is 9.46. The number of alkyl halides is 3. The molecule has 0 spiro atoms. The van der Waals surface area contributed by atoms with Gasteiger partial charge in [0, 0.05) is 13.0 Å². The van der Waals surface area contributed by atoms with Crippen molar-refractivity contribution in [2.24, 2.45) is 0 Å². The minimum absolute atomic E-state index is 0. The molecule has 0 heterocycles. The topological polar surface area (TPSA) is 50.4 Å². The molecule has 0 aliphatic rings.